The van der Waals surface area contributed by atoms with Gasteiger partial charge in [-0.05, 0) is 23.6 Å². The van der Waals surface area contributed by atoms with Crippen LogP contribution >= 0.6 is 0 Å². The lowest BCUT2D eigenvalue weighted by Crippen LogP contribution is -2.23. The molecule has 0 aliphatic carbocycles. The number of hydroxylamine groups is 1. The van der Waals surface area contributed by atoms with Crippen LogP contribution in [0.25, 0.3) is 6.08 Å². The third kappa shape index (κ3) is 5.61. The van der Waals surface area contributed by atoms with Gasteiger partial charge in [0.1, 0.15) is 0 Å². The van der Waals surface area contributed by atoms with Crippen molar-refractivity contribution in [2.24, 2.45) is 0 Å². The van der Waals surface area contributed by atoms with Gasteiger partial charge in [0.25, 0.3) is 5.91 Å². The van der Waals surface area contributed by atoms with E-state index < -0.39 is 0 Å². The second kappa shape index (κ2) is 8.44. The van der Waals surface area contributed by atoms with Crippen LogP contribution in [0.2, 0.25) is 0 Å². The number of nitrogens with one attached hydrogen (secondary N) is 1. The van der Waals surface area contributed by atoms with Crippen LogP contribution in [-0.2, 0) is 20.8 Å². The smallest absolute Gasteiger partial charge is 0.267 e. The molecule has 1 aromatic rings. The Hall–Kier alpha value is -1.65. The summed E-state index contributed by atoms with van der Waals surface area (Å²) in [4.78, 5) is 16.2. The van der Waals surface area contributed by atoms with E-state index in [1.165, 1.54) is 11.6 Å². The van der Waals surface area contributed by atoms with Gasteiger partial charge in [0, 0.05) is 13.2 Å². The topological polar surface area (TPSA) is 47.6 Å². The first kappa shape index (κ1) is 14.4. The highest BCUT2D eigenvalue weighted by molar-refractivity contribution is 5.90. The van der Waals surface area contributed by atoms with Crippen LogP contribution < -0.4 is 5.48 Å². The maximum atomic E-state index is 11.3. The van der Waals surface area contributed by atoms with E-state index in [4.69, 9.17) is 9.57 Å². The van der Waals surface area contributed by atoms with Crippen molar-refractivity contribution in [3.63, 3.8) is 0 Å². The molecule has 0 bridgehead atoms. The minimum Gasteiger partial charge on any atom is -0.382 e. The molecule has 0 saturated carbocycles. The zero-order valence-electron chi connectivity index (χ0n) is 10.8. The Balaban J connectivity index is 2.35. The minimum atomic E-state index is -0.286. The fourth-order valence-corrected chi connectivity index (χ4v) is 1.32. The van der Waals surface area contributed by atoms with Gasteiger partial charge in [-0.2, -0.15) is 0 Å². The van der Waals surface area contributed by atoms with Crippen LogP contribution in [0.4, 0.5) is 0 Å². The third-order valence-corrected chi connectivity index (χ3v) is 2.38. The number of benzene rings is 1. The zero-order valence-corrected chi connectivity index (χ0v) is 10.8. The largest absolute Gasteiger partial charge is 0.382 e. The summed E-state index contributed by atoms with van der Waals surface area (Å²) in [6.45, 7) is 2.89. The normalized spacial score (nSPS) is 10.8. The van der Waals surface area contributed by atoms with Crippen LogP contribution in [0, 0.1) is 0 Å². The Labute approximate surface area is 108 Å². The lowest BCUT2D eigenvalue weighted by Gasteiger charge is -2.02. The van der Waals surface area contributed by atoms with Crippen molar-refractivity contribution >= 4 is 12.0 Å². The van der Waals surface area contributed by atoms with Crippen molar-refractivity contribution in [2.75, 3.05) is 20.3 Å². The molecule has 1 rings (SSSR count). The van der Waals surface area contributed by atoms with Gasteiger partial charge in [0.2, 0.25) is 0 Å². The number of rotatable bonds is 7. The maximum Gasteiger partial charge on any atom is 0.267 e. The minimum absolute atomic E-state index is 0.286. The fourth-order valence-electron chi connectivity index (χ4n) is 1.32. The van der Waals surface area contributed by atoms with Crippen molar-refractivity contribution in [3.05, 3.63) is 41.5 Å². The lowest BCUT2D eigenvalue weighted by molar-refractivity contribution is -0.129. The standard InChI is InChI=1S/C14H19NO3/c1-3-12-4-6-13(7-5-12)8-9-14(16)15-18-11-10-17-2/h4-9H,3,10-11H2,1-2H3,(H,15,16)/b9-8+. The first-order valence-corrected chi connectivity index (χ1v) is 5.94. The van der Waals surface area contributed by atoms with E-state index in [1.54, 1.807) is 13.2 Å². The quantitative estimate of drug-likeness (QED) is 0.456. The Morgan fingerprint density at radius 1 is 1.28 bits per heavy atom. The number of carbonyl (C=O) groups excluding carboxylic acids is 1. The highest BCUT2D eigenvalue weighted by Gasteiger charge is 1.95. The van der Waals surface area contributed by atoms with Crippen molar-refractivity contribution in [2.45, 2.75) is 13.3 Å². The van der Waals surface area contributed by atoms with Crippen molar-refractivity contribution in [1.82, 2.24) is 5.48 Å². The van der Waals surface area contributed by atoms with E-state index in [9.17, 15) is 4.79 Å². The molecule has 0 spiro atoms. The summed E-state index contributed by atoms with van der Waals surface area (Å²) in [6, 6.07) is 8.06. The summed E-state index contributed by atoms with van der Waals surface area (Å²) in [7, 11) is 1.57. The van der Waals surface area contributed by atoms with Crippen LogP contribution in [-0.4, -0.2) is 26.2 Å². The second-order valence-corrected chi connectivity index (χ2v) is 3.74. The van der Waals surface area contributed by atoms with Crippen molar-refractivity contribution in [1.29, 1.82) is 0 Å². The van der Waals surface area contributed by atoms with Gasteiger partial charge in [-0.3, -0.25) is 9.63 Å². The molecule has 0 heterocycles. The highest BCUT2D eigenvalue weighted by atomic mass is 16.7. The molecule has 0 aliphatic heterocycles. The highest BCUT2D eigenvalue weighted by Crippen LogP contribution is 2.06. The molecule has 0 radical (unpaired) electrons. The van der Waals surface area contributed by atoms with E-state index in [1.807, 2.05) is 24.3 Å². The molecule has 1 N–H and O–H groups in total. The van der Waals surface area contributed by atoms with Gasteiger partial charge >= 0.3 is 0 Å². The molecular weight excluding hydrogens is 230 g/mol. The first-order valence-electron chi connectivity index (χ1n) is 5.94. The first-order chi connectivity index (χ1) is 8.76. The van der Waals surface area contributed by atoms with E-state index in [-0.39, 0.29) is 5.91 Å². The zero-order chi connectivity index (χ0) is 13.2. The maximum absolute atomic E-state index is 11.3. The number of methoxy groups -OCH3 is 1. The second-order valence-electron chi connectivity index (χ2n) is 3.74. The van der Waals surface area contributed by atoms with Gasteiger partial charge in [-0.25, -0.2) is 5.48 Å². The van der Waals surface area contributed by atoms with E-state index in [0.29, 0.717) is 13.2 Å². The molecule has 0 saturated heterocycles. The third-order valence-electron chi connectivity index (χ3n) is 2.38. The number of aryl methyl sites for hydroxylation is 1. The molecule has 0 aromatic heterocycles. The summed E-state index contributed by atoms with van der Waals surface area (Å²) in [5, 5.41) is 0. The molecule has 0 aliphatic rings. The molecular formula is C14H19NO3. The van der Waals surface area contributed by atoms with Gasteiger partial charge in [0.15, 0.2) is 0 Å². The van der Waals surface area contributed by atoms with E-state index in [0.717, 1.165) is 12.0 Å². The van der Waals surface area contributed by atoms with Crippen LogP contribution in [0.5, 0.6) is 0 Å². The lowest BCUT2D eigenvalue weighted by atomic mass is 10.1. The summed E-state index contributed by atoms with van der Waals surface area (Å²) in [6.07, 6.45) is 4.19. The molecule has 0 fully saturated rings. The molecule has 18 heavy (non-hydrogen) atoms. The molecule has 0 atom stereocenters. The number of hydrogen-bond acceptors (Lipinski definition) is 3. The molecule has 1 aromatic carbocycles. The Morgan fingerprint density at radius 3 is 2.61 bits per heavy atom. The summed E-state index contributed by atoms with van der Waals surface area (Å²) in [5.41, 5.74) is 4.57. The predicted octanol–water partition coefficient (Wildman–Crippen LogP) is 1.96. The van der Waals surface area contributed by atoms with Gasteiger partial charge in [-0.1, -0.05) is 31.2 Å². The van der Waals surface area contributed by atoms with Gasteiger partial charge in [0.05, 0.1) is 13.2 Å². The molecule has 4 heteroatoms. The average molecular weight is 249 g/mol. The van der Waals surface area contributed by atoms with Crippen molar-refractivity contribution < 1.29 is 14.4 Å². The monoisotopic (exact) mass is 249 g/mol. The number of amides is 1. The number of carbonyl (C=O) groups is 1. The van der Waals surface area contributed by atoms with Gasteiger partial charge in [-0.15, -0.1) is 0 Å². The molecule has 1 amide bonds. The summed E-state index contributed by atoms with van der Waals surface area (Å²) < 4.78 is 4.78. The number of ether oxygens (including phenoxy) is 1. The molecule has 98 valence electrons. The van der Waals surface area contributed by atoms with Crippen LogP contribution in [0.3, 0.4) is 0 Å². The Kier molecular flexibility index (Phi) is 6.76. The van der Waals surface area contributed by atoms with Gasteiger partial charge < -0.3 is 4.74 Å². The summed E-state index contributed by atoms with van der Waals surface area (Å²) >= 11 is 0. The number of hydrogen-bond donors (Lipinski definition) is 1. The van der Waals surface area contributed by atoms with E-state index in [2.05, 4.69) is 12.4 Å². The fraction of sp³-hybridized carbons (Fsp3) is 0.357. The average Bonchev–Trinajstić information content (AvgIpc) is 2.42. The van der Waals surface area contributed by atoms with Crippen LogP contribution in [0.15, 0.2) is 30.3 Å². The Morgan fingerprint density at radius 2 is 2.00 bits per heavy atom. The van der Waals surface area contributed by atoms with E-state index >= 15 is 0 Å². The SMILES string of the molecule is CCc1ccc(/C=C/C(=O)NOCCOC)cc1. The molecule has 0 unspecified atom stereocenters. The summed E-state index contributed by atoms with van der Waals surface area (Å²) in [5.74, 6) is -0.286. The Bertz CT molecular complexity index is 385. The van der Waals surface area contributed by atoms with Crippen LogP contribution in [0.1, 0.15) is 18.1 Å². The van der Waals surface area contributed by atoms with Crippen molar-refractivity contribution in [3.8, 4) is 0 Å². The predicted molar refractivity (Wildman–Crippen MR) is 70.8 cm³/mol. The molecule has 4 nitrogen and oxygen atoms in total.